The number of aliphatic hydroxyl groups excluding tert-OH is 2. The third kappa shape index (κ3) is 4.50. The van der Waals surface area contributed by atoms with Crippen molar-refractivity contribution in [3.05, 3.63) is 46.2 Å². The third-order valence-corrected chi connectivity index (χ3v) is 7.00. The fraction of sp³-hybridized carbons (Fsp3) is 0.409. The van der Waals surface area contributed by atoms with Gasteiger partial charge in [-0.15, -0.1) is 5.75 Å². The Morgan fingerprint density at radius 1 is 1.11 bits per heavy atom. The maximum absolute atomic E-state index is 13.6. The van der Waals surface area contributed by atoms with E-state index >= 15 is 0 Å². The molecule has 192 valence electrons. The van der Waals surface area contributed by atoms with E-state index in [0.717, 1.165) is 6.07 Å². The quantitative estimate of drug-likeness (QED) is 0.174. The third-order valence-electron chi connectivity index (χ3n) is 7.00. The van der Waals surface area contributed by atoms with Crippen LogP contribution < -0.4 is 75.1 Å². The molecule has 4 rings (SSSR count). The molecule has 1 amide bonds. The smallest absolute Gasteiger partial charge is 0.872 e. The van der Waals surface area contributed by atoms with Gasteiger partial charge in [-0.2, -0.15) is 0 Å². The van der Waals surface area contributed by atoms with Gasteiger partial charge in [-0.3, -0.25) is 19.3 Å². The van der Waals surface area contributed by atoms with Gasteiger partial charge in [0.1, 0.15) is 11.3 Å². The van der Waals surface area contributed by atoms with Gasteiger partial charge in [-0.05, 0) is 32.1 Å². The molecule has 0 saturated heterocycles. The van der Waals surface area contributed by atoms with Crippen molar-refractivity contribution < 1.29 is 115 Å². The van der Waals surface area contributed by atoms with E-state index in [2.05, 4.69) is 0 Å². The number of benzene rings is 1. The first-order chi connectivity index (χ1) is 15.2. The average molecular weight is 540 g/mol. The van der Waals surface area contributed by atoms with Gasteiger partial charge in [-0.1, -0.05) is 24.0 Å². The van der Waals surface area contributed by atoms with Gasteiger partial charge in [0.25, 0.3) is 5.91 Å². The molecule has 1 fully saturated rings. The van der Waals surface area contributed by atoms with Gasteiger partial charge in [0, 0.05) is 11.5 Å². The molecule has 15 heteroatoms. The number of aliphatic hydroxyl groups is 4. The summed E-state index contributed by atoms with van der Waals surface area (Å²) in [5.74, 6) is -10.6. The number of carbonyl (C=O) groups excluding carboxylic acids is 3. The van der Waals surface area contributed by atoms with Crippen molar-refractivity contribution in [1.82, 2.24) is 4.90 Å². The Bertz CT molecular complexity index is 1200. The zero-order valence-electron chi connectivity index (χ0n) is 20.9. The molecule has 0 unspecified atom stereocenters. The van der Waals surface area contributed by atoms with E-state index in [1.165, 1.54) is 38.1 Å². The number of hydrogen-bond acceptors (Lipinski definition) is 10. The van der Waals surface area contributed by atoms with Gasteiger partial charge >= 0.3 is 59.1 Å². The summed E-state index contributed by atoms with van der Waals surface area (Å²) in [6.45, 7) is 1.20. The first kappa shape index (κ1) is 35.7. The molecular formula is C22H26N2Na2O11. The van der Waals surface area contributed by atoms with Crippen LogP contribution in [-0.4, -0.2) is 85.6 Å². The van der Waals surface area contributed by atoms with Crippen molar-refractivity contribution in [3.63, 3.8) is 0 Å². The van der Waals surface area contributed by atoms with E-state index in [-0.39, 0.29) is 75.6 Å². The largest absolute Gasteiger partial charge is 1.00 e. The van der Waals surface area contributed by atoms with Gasteiger partial charge in [0.05, 0.1) is 23.7 Å². The maximum Gasteiger partial charge on any atom is 1.00 e. The first-order valence-electron chi connectivity index (χ1n) is 10.0. The number of fused-ring (bicyclic) bond motifs is 3. The SMILES string of the molecule is CN(C)[C@@H]1C(=O)C(C(N)=O)=C(O)[C@@]2(O)C(=O)C3=C([O-])c4c([O-])cccc4[C@@](C)(O)[C@H]3[C@H](O)[C@@H]12.O.O.[Na+].[Na+]. The van der Waals surface area contributed by atoms with Gasteiger partial charge < -0.3 is 47.3 Å². The van der Waals surface area contributed by atoms with Crippen LogP contribution in [0.5, 0.6) is 5.75 Å². The molecule has 3 aliphatic carbocycles. The standard InChI is InChI=1S/C22H24N2O9.2Na.2H2O/c1-21(32)7-5-4-6-8(25)9(7)15(26)10-12(21)17(28)13-14(24(2)3)16(27)11(20(23)31)19(30)22(13,33)18(10)29;;;;/h4-6,12-14,17,25-26,28,30,32-33H,1-3H3,(H2,23,31);;;2*1H2/q;2*+1;;/p-2/t12-,13-,14+,17+,21-,22+;;;;/m1..../s1. The van der Waals surface area contributed by atoms with E-state index in [1.807, 2.05) is 0 Å². The number of carbonyl (C=O) groups is 3. The number of hydrogen-bond donors (Lipinski definition) is 5. The molecule has 0 radical (unpaired) electrons. The molecular weight excluding hydrogens is 514 g/mol. The van der Waals surface area contributed by atoms with Crippen LogP contribution in [0.25, 0.3) is 5.76 Å². The minimum atomic E-state index is -3.08. The second-order valence-electron chi connectivity index (χ2n) is 9.02. The van der Waals surface area contributed by atoms with Crippen LogP contribution in [0, 0.1) is 11.8 Å². The topological polar surface area (TPSA) is 271 Å². The van der Waals surface area contributed by atoms with Crippen LogP contribution in [0.1, 0.15) is 18.1 Å². The van der Waals surface area contributed by atoms with E-state index in [9.17, 15) is 45.0 Å². The van der Waals surface area contributed by atoms with Crippen LogP contribution in [-0.2, 0) is 20.0 Å². The Morgan fingerprint density at radius 2 is 1.65 bits per heavy atom. The Morgan fingerprint density at radius 3 is 2.14 bits per heavy atom. The summed E-state index contributed by atoms with van der Waals surface area (Å²) in [4.78, 5) is 39.8. The predicted octanol–water partition coefficient (Wildman–Crippen LogP) is -10.9. The number of nitrogens with zero attached hydrogens (tertiary/aromatic N) is 1. The summed E-state index contributed by atoms with van der Waals surface area (Å²) in [5.41, 5.74) is -2.47. The number of ketones is 2. The first-order valence-corrected chi connectivity index (χ1v) is 10.0. The fourth-order valence-corrected chi connectivity index (χ4v) is 5.56. The molecule has 6 atom stereocenters. The van der Waals surface area contributed by atoms with Crippen molar-refractivity contribution >= 4 is 23.2 Å². The molecule has 0 heterocycles. The van der Waals surface area contributed by atoms with Crippen molar-refractivity contribution in [2.45, 2.75) is 30.3 Å². The number of primary amides is 1. The van der Waals surface area contributed by atoms with Crippen molar-refractivity contribution in [2.24, 2.45) is 17.6 Å². The summed E-state index contributed by atoms with van der Waals surface area (Å²) in [7, 11) is 2.76. The van der Waals surface area contributed by atoms with E-state index in [1.54, 1.807) is 0 Å². The summed E-state index contributed by atoms with van der Waals surface area (Å²) < 4.78 is 0. The van der Waals surface area contributed by atoms with Crippen LogP contribution in [0.2, 0.25) is 0 Å². The molecule has 0 bridgehead atoms. The predicted molar refractivity (Wildman–Crippen MR) is 114 cm³/mol. The molecule has 37 heavy (non-hydrogen) atoms. The van der Waals surface area contributed by atoms with Crippen molar-refractivity contribution in [1.29, 1.82) is 0 Å². The molecule has 1 aromatic carbocycles. The summed E-state index contributed by atoms with van der Waals surface area (Å²) in [6.07, 6.45) is -1.93. The summed E-state index contributed by atoms with van der Waals surface area (Å²) in [5, 5.41) is 70.6. The molecule has 0 aliphatic heterocycles. The molecule has 1 saturated carbocycles. The Labute approximate surface area is 255 Å². The maximum atomic E-state index is 13.6. The Hall–Kier alpha value is -1.33. The summed E-state index contributed by atoms with van der Waals surface area (Å²) in [6, 6.07) is 2.15. The number of nitrogens with two attached hydrogens (primary N) is 1. The number of rotatable bonds is 2. The van der Waals surface area contributed by atoms with Crippen molar-refractivity contribution in [2.75, 3.05) is 14.1 Å². The molecule has 0 spiro atoms. The zero-order valence-corrected chi connectivity index (χ0v) is 24.9. The average Bonchev–Trinajstić information content (AvgIpc) is 2.70. The second-order valence-corrected chi connectivity index (χ2v) is 9.02. The van der Waals surface area contributed by atoms with Crippen LogP contribution in [0.15, 0.2) is 35.1 Å². The number of Topliss-reactive ketones (excluding diaryl/α,β-unsaturated/α-hetero) is 2. The fourth-order valence-electron chi connectivity index (χ4n) is 5.56. The monoisotopic (exact) mass is 540 g/mol. The molecule has 13 nitrogen and oxygen atoms in total. The normalized spacial score (nSPS) is 32.1. The van der Waals surface area contributed by atoms with Gasteiger partial charge in [0.15, 0.2) is 17.2 Å². The van der Waals surface area contributed by atoms with E-state index < -0.39 is 86.6 Å². The van der Waals surface area contributed by atoms with Crippen LogP contribution in [0.3, 0.4) is 0 Å². The molecule has 0 aromatic heterocycles. The van der Waals surface area contributed by atoms with Crippen LogP contribution >= 0.6 is 0 Å². The Kier molecular flexibility index (Phi) is 11.0. The number of amides is 1. The number of likely N-dealkylation sites (N-methyl/N-ethyl adjacent to an activating group) is 1. The minimum Gasteiger partial charge on any atom is -0.872 e. The summed E-state index contributed by atoms with van der Waals surface area (Å²) >= 11 is 0. The minimum absolute atomic E-state index is 0. The van der Waals surface area contributed by atoms with Crippen LogP contribution in [0.4, 0.5) is 0 Å². The Balaban J connectivity index is 0.00000324. The van der Waals surface area contributed by atoms with Gasteiger partial charge in [0.2, 0.25) is 0 Å². The zero-order chi connectivity index (χ0) is 24.8. The molecule has 1 aromatic rings. The molecule has 10 N–H and O–H groups in total. The van der Waals surface area contributed by atoms with E-state index in [0.29, 0.717) is 0 Å². The second kappa shape index (κ2) is 11.4. The molecule has 3 aliphatic rings. The van der Waals surface area contributed by atoms with Crippen molar-refractivity contribution in [3.8, 4) is 5.75 Å². The van der Waals surface area contributed by atoms with E-state index in [4.69, 9.17) is 5.73 Å². The van der Waals surface area contributed by atoms with Gasteiger partial charge in [-0.25, -0.2) is 0 Å².